The molecule has 0 spiro atoms. The minimum Gasteiger partial charge on any atom is -0.291 e. The molecular weight excluding hydrogens is 244 g/mol. The largest absolute Gasteiger partial charge is 0.304 e. The summed E-state index contributed by atoms with van der Waals surface area (Å²) in [6, 6.07) is 2.68. The maximum Gasteiger partial charge on any atom is 0.304 e. The van der Waals surface area contributed by atoms with Gasteiger partial charge in [-0.25, -0.2) is 8.78 Å². The Labute approximate surface area is 102 Å². The molecule has 0 aliphatic heterocycles. The molecule has 1 saturated carbocycles. The molecule has 0 heterocycles. The van der Waals surface area contributed by atoms with Crippen LogP contribution in [0.15, 0.2) is 18.2 Å². The standard InChI is InChI=1S/C12H11F2NO3/c13-9-5-4-8(7-10(9)14)12(15(17)18)6-2-1-3-11(12)16/h4-5,7H,1-3,6H2. The van der Waals surface area contributed by atoms with E-state index in [4.69, 9.17) is 0 Å². The van der Waals surface area contributed by atoms with Gasteiger partial charge in [0.1, 0.15) is 0 Å². The van der Waals surface area contributed by atoms with Crippen molar-refractivity contribution in [2.75, 3.05) is 0 Å². The Kier molecular flexibility index (Phi) is 3.11. The van der Waals surface area contributed by atoms with Crippen LogP contribution in [0.2, 0.25) is 0 Å². The van der Waals surface area contributed by atoms with Crippen molar-refractivity contribution in [3.8, 4) is 0 Å². The highest BCUT2D eigenvalue weighted by Gasteiger charge is 2.53. The van der Waals surface area contributed by atoms with E-state index in [0.29, 0.717) is 12.8 Å². The first-order chi connectivity index (χ1) is 8.48. The number of carbonyl (C=O) groups is 1. The lowest BCUT2D eigenvalue weighted by Gasteiger charge is -2.27. The van der Waals surface area contributed by atoms with Gasteiger partial charge < -0.3 is 0 Å². The molecule has 1 unspecified atom stereocenters. The monoisotopic (exact) mass is 255 g/mol. The van der Waals surface area contributed by atoms with Gasteiger partial charge in [0, 0.05) is 23.3 Å². The quantitative estimate of drug-likeness (QED) is 0.602. The Morgan fingerprint density at radius 2 is 1.94 bits per heavy atom. The molecule has 1 aromatic carbocycles. The maximum absolute atomic E-state index is 13.2. The summed E-state index contributed by atoms with van der Waals surface area (Å²) in [6.45, 7) is 0. The van der Waals surface area contributed by atoms with Gasteiger partial charge in [0.25, 0.3) is 0 Å². The summed E-state index contributed by atoms with van der Waals surface area (Å²) in [5.74, 6) is -2.79. The van der Waals surface area contributed by atoms with Crippen LogP contribution in [0.4, 0.5) is 8.78 Å². The van der Waals surface area contributed by atoms with Crippen LogP contribution in [0.5, 0.6) is 0 Å². The zero-order chi connectivity index (χ0) is 13.3. The number of benzene rings is 1. The van der Waals surface area contributed by atoms with Gasteiger partial charge in [0.05, 0.1) is 0 Å². The highest BCUT2D eigenvalue weighted by molar-refractivity contribution is 5.88. The highest BCUT2D eigenvalue weighted by Crippen LogP contribution is 2.37. The van der Waals surface area contributed by atoms with Gasteiger partial charge in [-0.1, -0.05) is 0 Å². The summed E-state index contributed by atoms with van der Waals surface area (Å²) in [4.78, 5) is 22.5. The van der Waals surface area contributed by atoms with E-state index in [0.717, 1.165) is 18.2 Å². The molecule has 1 aliphatic carbocycles. The molecule has 0 bridgehead atoms. The van der Waals surface area contributed by atoms with E-state index in [1.807, 2.05) is 0 Å². The Morgan fingerprint density at radius 1 is 1.22 bits per heavy atom. The van der Waals surface area contributed by atoms with Gasteiger partial charge >= 0.3 is 5.54 Å². The van der Waals surface area contributed by atoms with Gasteiger partial charge in [0.2, 0.25) is 5.78 Å². The number of Topliss-reactive ketones (excluding diaryl/α,β-unsaturated/α-hetero) is 1. The van der Waals surface area contributed by atoms with Crippen molar-refractivity contribution in [1.29, 1.82) is 0 Å². The topological polar surface area (TPSA) is 60.2 Å². The molecule has 4 nitrogen and oxygen atoms in total. The van der Waals surface area contributed by atoms with Gasteiger partial charge in [-0.2, -0.15) is 0 Å². The number of carbonyl (C=O) groups excluding carboxylic acids is 1. The van der Waals surface area contributed by atoms with Gasteiger partial charge in [-0.3, -0.25) is 14.9 Å². The van der Waals surface area contributed by atoms with Crippen LogP contribution in [-0.4, -0.2) is 10.7 Å². The Balaban J connectivity index is 2.56. The predicted molar refractivity (Wildman–Crippen MR) is 58.5 cm³/mol. The second kappa shape index (κ2) is 4.44. The SMILES string of the molecule is O=C1CCCCC1(c1ccc(F)c(F)c1)[N+](=O)[O-]. The van der Waals surface area contributed by atoms with Crippen molar-refractivity contribution in [1.82, 2.24) is 0 Å². The molecule has 18 heavy (non-hydrogen) atoms. The molecule has 1 aliphatic rings. The van der Waals surface area contributed by atoms with Crippen LogP contribution in [0.3, 0.4) is 0 Å². The van der Waals surface area contributed by atoms with E-state index in [2.05, 4.69) is 0 Å². The summed E-state index contributed by atoms with van der Waals surface area (Å²) < 4.78 is 26.0. The Bertz CT molecular complexity index is 518. The number of nitro groups is 1. The average Bonchev–Trinajstić information content (AvgIpc) is 2.33. The molecule has 2 rings (SSSR count). The Morgan fingerprint density at radius 3 is 2.50 bits per heavy atom. The average molecular weight is 255 g/mol. The second-order valence-corrected chi connectivity index (χ2v) is 4.38. The summed E-state index contributed by atoms with van der Waals surface area (Å²) in [6.07, 6.45) is 1.24. The van der Waals surface area contributed by atoms with Crippen molar-refractivity contribution in [2.45, 2.75) is 31.2 Å². The third-order valence-corrected chi connectivity index (χ3v) is 3.36. The summed E-state index contributed by atoms with van der Waals surface area (Å²) in [5.41, 5.74) is -1.98. The third-order valence-electron chi connectivity index (χ3n) is 3.36. The smallest absolute Gasteiger partial charge is 0.291 e. The maximum atomic E-state index is 13.2. The van der Waals surface area contributed by atoms with Crippen molar-refractivity contribution in [3.63, 3.8) is 0 Å². The molecule has 0 N–H and O–H groups in total. The van der Waals surface area contributed by atoms with E-state index in [9.17, 15) is 23.7 Å². The molecule has 0 saturated heterocycles. The van der Waals surface area contributed by atoms with E-state index in [1.54, 1.807) is 0 Å². The van der Waals surface area contributed by atoms with Crippen LogP contribution < -0.4 is 0 Å². The van der Waals surface area contributed by atoms with Crippen LogP contribution in [0.25, 0.3) is 0 Å². The number of halogens is 2. The second-order valence-electron chi connectivity index (χ2n) is 4.38. The lowest BCUT2D eigenvalue weighted by Crippen LogP contribution is -2.45. The molecule has 1 fully saturated rings. The number of rotatable bonds is 2. The van der Waals surface area contributed by atoms with Crippen molar-refractivity contribution >= 4 is 5.78 Å². The minimum atomic E-state index is -1.91. The molecule has 96 valence electrons. The minimum absolute atomic E-state index is 0.0317. The van der Waals surface area contributed by atoms with Gasteiger partial charge in [-0.15, -0.1) is 0 Å². The summed E-state index contributed by atoms with van der Waals surface area (Å²) >= 11 is 0. The van der Waals surface area contributed by atoms with Crippen LogP contribution in [0, 0.1) is 21.7 Å². The molecule has 1 atom stereocenters. The van der Waals surface area contributed by atoms with E-state index in [1.165, 1.54) is 0 Å². The summed E-state index contributed by atoms with van der Waals surface area (Å²) in [5, 5.41) is 11.3. The number of ketones is 1. The first-order valence-corrected chi connectivity index (χ1v) is 5.62. The fraction of sp³-hybridized carbons (Fsp3) is 0.417. The molecule has 6 heteroatoms. The number of hydrogen-bond acceptors (Lipinski definition) is 3. The highest BCUT2D eigenvalue weighted by atomic mass is 19.2. The van der Waals surface area contributed by atoms with Gasteiger partial charge in [-0.05, 0) is 31.0 Å². The molecule has 0 amide bonds. The Hall–Kier alpha value is -1.85. The first-order valence-electron chi connectivity index (χ1n) is 5.62. The first kappa shape index (κ1) is 12.6. The zero-order valence-corrected chi connectivity index (χ0v) is 9.49. The van der Waals surface area contributed by atoms with Crippen molar-refractivity contribution in [3.05, 3.63) is 45.5 Å². The normalized spacial score (nSPS) is 24.0. The summed E-state index contributed by atoms with van der Waals surface area (Å²) in [7, 11) is 0. The lowest BCUT2D eigenvalue weighted by atomic mass is 9.76. The molecule has 1 aromatic rings. The third kappa shape index (κ3) is 1.77. The van der Waals surface area contributed by atoms with E-state index >= 15 is 0 Å². The van der Waals surface area contributed by atoms with E-state index in [-0.39, 0.29) is 18.4 Å². The fourth-order valence-electron chi connectivity index (χ4n) is 2.37. The van der Waals surface area contributed by atoms with Crippen LogP contribution >= 0.6 is 0 Å². The zero-order valence-electron chi connectivity index (χ0n) is 9.49. The predicted octanol–water partition coefficient (Wildman–Crippen LogP) is 2.58. The van der Waals surface area contributed by atoms with Crippen LogP contribution in [-0.2, 0) is 10.3 Å². The van der Waals surface area contributed by atoms with Crippen molar-refractivity contribution < 1.29 is 18.5 Å². The molecule has 0 radical (unpaired) electrons. The number of hydrogen-bond donors (Lipinski definition) is 0. The van der Waals surface area contributed by atoms with Crippen LogP contribution in [0.1, 0.15) is 31.2 Å². The van der Waals surface area contributed by atoms with E-state index < -0.39 is 27.9 Å². The number of nitrogens with zero attached hydrogens (tertiary/aromatic N) is 1. The molecular formula is C12H11F2NO3. The van der Waals surface area contributed by atoms with Gasteiger partial charge in [0.15, 0.2) is 11.6 Å². The lowest BCUT2D eigenvalue weighted by molar-refractivity contribution is -0.563. The van der Waals surface area contributed by atoms with Crippen molar-refractivity contribution in [2.24, 2.45) is 0 Å². The molecule has 0 aromatic heterocycles. The fourth-order valence-corrected chi connectivity index (χ4v) is 2.37.